The second-order valence-corrected chi connectivity index (χ2v) is 7.46. The highest BCUT2D eigenvalue weighted by Crippen LogP contribution is 2.31. The first-order chi connectivity index (χ1) is 14.6. The van der Waals surface area contributed by atoms with E-state index in [0.717, 1.165) is 22.2 Å². The minimum Gasteiger partial charge on any atom is -0.350 e. The van der Waals surface area contributed by atoms with Crippen LogP contribution in [0.15, 0.2) is 78.0 Å². The minimum absolute atomic E-state index is 0.104. The average Bonchev–Trinajstić information content (AvgIpc) is 3.39. The summed E-state index contributed by atoms with van der Waals surface area (Å²) in [6, 6.07) is 18.2. The fraction of sp³-hybridized carbons (Fsp3) is 0.0909. The molecule has 0 bridgehead atoms. The van der Waals surface area contributed by atoms with E-state index in [-0.39, 0.29) is 30.1 Å². The number of rotatable bonds is 6. The molecule has 3 amide bonds. The molecular formula is C22H18N4O3S. The highest BCUT2D eigenvalue weighted by Gasteiger charge is 2.34. The van der Waals surface area contributed by atoms with Crippen LogP contribution in [0.1, 0.15) is 15.9 Å². The molecule has 8 heteroatoms. The summed E-state index contributed by atoms with van der Waals surface area (Å²) in [5.74, 6) is -0.645. The highest BCUT2D eigenvalue weighted by atomic mass is 32.2. The highest BCUT2D eigenvalue weighted by molar-refractivity contribution is 8.18. The number of nitrogens with one attached hydrogen (secondary N) is 1. The molecule has 2 heterocycles. The summed E-state index contributed by atoms with van der Waals surface area (Å²) in [5, 5.41) is 6.61. The Hall–Kier alpha value is -3.65. The molecule has 150 valence electrons. The van der Waals surface area contributed by atoms with Gasteiger partial charge in [-0.05, 0) is 41.6 Å². The predicted octanol–water partition coefficient (Wildman–Crippen LogP) is 3.34. The molecule has 0 spiro atoms. The van der Waals surface area contributed by atoms with Crippen LogP contribution in [-0.4, -0.2) is 44.8 Å². The van der Waals surface area contributed by atoms with Gasteiger partial charge in [-0.2, -0.15) is 5.10 Å². The van der Waals surface area contributed by atoms with Gasteiger partial charge in [-0.25, -0.2) is 4.68 Å². The van der Waals surface area contributed by atoms with Crippen molar-refractivity contribution in [1.82, 2.24) is 20.0 Å². The number of nitrogens with zero attached hydrogens (tertiary/aromatic N) is 3. The van der Waals surface area contributed by atoms with Crippen molar-refractivity contribution in [3.63, 3.8) is 0 Å². The van der Waals surface area contributed by atoms with Crippen molar-refractivity contribution in [3.8, 4) is 5.69 Å². The Bertz CT molecular complexity index is 1110. The van der Waals surface area contributed by atoms with Gasteiger partial charge in [0.05, 0.1) is 16.2 Å². The first-order valence-electron chi connectivity index (χ1n) is 9.31. The van der Waals surface area contributed by atoms with Crippen LogP contribution in [0, 0.1) is 0 Å². The fourth-order valence-electron chi connectivity index (χ4n) is 3.05. The molecule has 1 aromatic heterocycles. The monoisotopic (exact) mass is 418 g/mol. The van der Waals surface area contributed by atoms with Crippen molar-refractivity contribution in [2.45, 2.75) is 0 Å². The molecule has 1 saturated heterocycles. The lowest BCUT2D eigenvalue weighted by atomic mass is 10.1. The van der Waals surface area contributed by atoms with Gasteiger partial charge in [-0.15, -0.1) is 0 Å². The lowest BCUT2D eigenvalue weighted by Crippen LogP contribution is -2.37. The SMILES string of the molecule is O=C(NCCN1C(=O)SC(=Cc2ccccc2)C1=O)c1ccccc1-n1cccn1. The summed E-state index contributed by atoms with van der Waals surface area (Å²) >= 11 is 0.907. The van der Waals surface area contributed by atoms with Crippen molar-refractivity contribution in [2.75, 3.05) is 13.1 Å². The normalized spacial score (nSPS) is 15.1. The molecule has 3 aromatic rings. The molecule has 0 unspecified atom stereocenters. The summed E-state index contributed by atoms with van der Waals surface area (Å²) in [7, 11) is 0. The lowest BCUT2D eigenvalue weighted by Gasteiger charge is -2.14. The minimum atomic E-state index is -0.347. The molecule has 1 aliphatic rings. The number of para-hydroxylation sites is 1. The Labute approximate surface area is 177 Å². The number of carbonyl (C=O) groups excluding carboxylic acids is 3. The zero-order valence-electron chi connectivity index (χ0n) is 15.9. The first kappa shape index (κ1) is 19.7. The molecule has 7 nitrogen and oxygen atoms in total. The maximum Gasteiger partial charge on any atom is 0.293 e. The van der Waals surface area contributed by atoms with Crippen molar-refractivity contribution < 1.29 is 14.4 Å². The second kappa shape index (κ2) is 8.79. The number of imide groups is 1. The van der Waals surface area contributed by atoms with E-state index in [1.807, 2.05) is 36.4 Å². The van der Waals surface area contributed by atoms with E-state index in [4.69, 9.17) is 0 Å². The topological polar surface area (TPSA) is 84.3 Å². The Morgan fingerprint density at radius 3 is 2.57 bits per heavy atom. The van der Waals surface area contributed by atoms with Crippen molar-refractivity contribution in [1.29, 1.82) is 0 Å². The van der Waals surface area contributed by atoms with Crippen LogP contribution in [0.4, 0.5) is 4.79 Å². The van der Waals surface area contributed by atoms with E-state index in [9.17, 15) is 14.4 Å². The number of thioether (sulfide) groups is 1. The summed E-state index contributed by atoms with van der Waals surface area (Å²) in [5.41, 5.74) is 1.96. The number of aromatic nitrogens is 2. The molecule has 0 atom stereocenters. The van der Waals surface area contributed by atoms with Gasteiger partial charge in [0.1, 0.15) is 0 Å². The van der Waals surface area contributed by atoms with Crippen LogP contribution in [-0.2, 0) is 4.79 Å². The van der Waals surface area contributed by atoms with Gasteiger partial charge >= 0.3 is 0 Å². The van der Waals surface area contributed by atoms with Crippen molar-refractivity contribution in [3.05, 3.63) is 89.1 Å². The quantitative estimate of drug-likeness (QED) is 0.621. The van der Waals surface area contributed by atoms with Crippen LogP contribution in [0.25, 0.3) is 11.8 Å². The predicted molar refractivity (Wildman–Crippen MR) is 115 cm³/mol. The smallest absolute Gasteiger partial charge is 0.293 e. The maximum absolute atomic E-state index is 12.6. The van der Waals surface area contributed by atoms with Crippen LogP contribution in [0.2, 0.25) is 0 Å². The molecule has 0 radical (unpaired) electrons. The maximum atomic E-state index is 12.6. The molecule has 4 rings (SSSR count). The zero-order chi connectivity index (χ0) is 20.9. The van der Waals surface area contributed by atoms with Crippen molar-refractivity contribution in [2.24, 2.45) is 0 Å². The molecule has 0 saturated carbocycles. The van der Waals surface area contributed by atoms with Crippen LogP contribution in [0.5, 0.6) is 0 Å². The molecule has 1 aliphatic heterocycles. The third-order valence-electron chi connectivity index (χ3n) is 4.49. The van der Waals surface area contributed by atoms with E-state index >= 15 is 0 Å². The summed E-state index contributed by atoms with van der Waals surface area (Å²) in [4.78, 5) is 39.0. The Morgan fingerprint density at radius 1 is 1.03 bits per heavy atom. The molecule has 30 heavy (non-hydrogen) atoms. The Morgan fingerprint density at radius 2 is 1.80 bits per heavy atom. The molecular weight excluding hydrogens is 400 g/mol. The summed E-state index contributed by atoms with van der Waals surface area (Å²) in [6.45, 7) is 0.259. The molecule has 0 aliphatic carbocycles. The van der Waals surface area contributed by atoms with Crippen LogP contribution >= 0.6 is 11.8 Å². The van der Waals surface area contributed by atoms with Gasteiger partial charge in [-0.3, -0.25) is 19.3 Å². The van der Waals surface area contributed by atoms with Gasteiger partial charge in [-0.1, -0.05) is 42.5 Å². The standard InChI is InChI=1S/C22H18N4O3S/c27-20(17-9-4-5-10-18(17)26-13-6-11-24-26)23-12-14-25-21(28)19(30-22(25)29)15-16-7-2-1-3-8-16/h1-11,13,15H,12,14H2,(H,23,27). The third kappa shape index (κ3) is 4.18. The zero-order valence-corrected chi connectivity index (χ0v) is 16.7. The fourth-order valence-corrected chi connectivity index (χ4v) is 3.91. The largest absolute Gasteiger partial charge is 0.350 e. The second-order valence-electron chi connectivity index (χ2n) is 6.47. The van der Waals surface area contributed by atoms with E-state index in [2.05, 4.69) is 10.4 Å². The Balaban J connectivity index is 1.39. The van der Waals surface area contributed by atoms with Crippen molar-refractivity contribution >= 4 is 34.9 Å². The van der Waals surface area contributed by atoms with Gasteiger partial charge < -0.3 is 5.32 Å². The van der Waals surface area contributed by atoms with Crippen LogP contribution < -0.4 is 5.32 Å². The number of benzene rings is 2. The number of hydrogen-bond acceptors (Lipinski definition) is 5. The Kier molecular flexibility index (Phi) is 5.76. The molecule has 2 aromatic carbocycles. The van der Waals surface area contributed by atoms with Gasteiger partial charge in [0.15, 0.2) is 0 Å². The molecule has 1 N–H and O–H groups in total. The molecule has 1 fully saturated rings. The van der Waals surface area contributed by atoms with E-state index < -0.39 is 0 Å². The van der Waals surface area contributed by atoms with E-state index in [1.165, 1.54) is 0 Å². The number of carbonyl (C=O) groups is 3. The number of hydrogen-bond donors (Lipinski definition) is 1. The number of amides is 3. The van der Waals surface area contributed by atoms with Gasteiger partial charge in [0.25, 0.3) is 17.1 Å². The summed E-state index contributed by atoms with van der Waals surface area (Å²) in [6.07, 6.45) is 5.09. The van der Waals surface area contributed by atoms with E-state index in [1.54, 1.807) is 47.4 Å². The third-order valence-corrected chi connectivity index (χ3v) is 5.40. The van der Waals surface area contributed by atoms with E-state index in [0.29, 0.717) is 16.2 Å². The van der Waals surface area contributed by atoms with Crippen LogP contribution in [0.3, 0.4) is 0 Å². The average molecular weight is 418 g/mol. The first-order valence-corrected chi connectivity index (χ1v) is 10.1. The van der Waals surface area contributed by atoms with Gasteiger partial charge in [0.2, 0.25) is 0 Å². The van der Waals surface area contributed by atoms with Gasteiger partial charge in [0, 0.05) is 25.5 Å². The summed E-state index contributed by atoms with van der Waals surface area (Å²) < 4.78 is 1.61. The lowest BCUT2D eigenvalue weighted by molar-refractivity contribution is -0.122.